The van der Waals surface area contributed by atoms with E-state index in [0.29, 0.717) is 0 Å². The minimum absolute atomic E-state index is 0.875. The lowest BCUT2D eigenvalue weighted by molar-refractivity contribution is 0.174. The second kappa shape index (κ2) is 5.26. The van der Waals surface area contributed by atoms with E-state index in [1.165, 1.54) is 5.69 Å². The van der Waals surface area contributed by atoms with Crippen LogP contribution in [0.2, 0.25) is 0 Å². The van der Waals surface area contributed by atoms with Gasteiger partial charge in [-0.2, -0.15) is 0 Å². The molecular formula is C18H20N6. The van der Waals surface area contributed by atoms with Gasteiger partial charge in [-0.1, -0.05) is 0 Å². The van der Waals surface area contributed by atoms with Gasteiger partial charge >= 0.3 is 0 Å². The summed E-state index contributed by atoms with van der Waals surface area (Å²) < 4.78 is 0. The Hall–Kier alpha value is -3.02. The van der Waals surface area contributed by atoms with Crippen molar-refractivity contribution in [1.82, 2.24) is 29.6 Å². The minimum Gasteiger partial charge on any atom is -0.357 e. The van der Waals surface area contributed by atoms with Crippen LogP contribution in [0.1, 0.15) is 11.4 Å². The Morgan fingerprint density at radius 3 is 2.50 bits per heavy atom. The Morgan fingerprint density at radius 2 is 1.50 bits per heavy atom. The molecule has 6 nitrogen and oxygen atoms in total. The van der Waals surface area contributed by atoms with Gasteiger partial charge in [-0.25, -0.2) is 0 Å². The molecule has 0 atom stereocenters. The maximum atomic E-state index is 3.49. The molecule has 2 aromatic rings. The van der Waals surface area contributed by atoms with E-state index in [0.717, 1.165) is 42.9 Å². The predicted octanol–water partition coefficient (Wildman–Crippen LogP) is 0.473. The summed E-state index contributed by atoms with van der Waals surface area (Å²) in [4.78, 5) is 16.1. The molecule has 0 saturated carbocycles. The number of H-pyrrole nitrogens is 2. The second-order valence-corrected chi connectivity index (χ2v) is 6.54. The fourth-order valence-electron chi connectivity index (χ4n) is 3.39. The average molecular weight is 320 g/mol. The SMILES string of the molecule is C1=CN2CN1C=c1ccc([nH]1)=Cc1ccc([nH]1)CN1C=CN(C1)C2. The standard InChI is InChI=1S/C18H20N6/c1-3-17-10-21-5-7-23(12-21)14-24-8-6-22(13-24)11-18-4-2-16(20-18)9-15(1)19-17/h1-10,19-20H,11-14H2. The van der Waals surface area contributed by atoms with Crippen molar-refractivity contribution in [2.24, 2.45) is 0 Å². The Kier molecular flexibility index (Phi) is 2.94. The van der Waals surface area contributed by atoms with Gasteiger partial charge in [0, 0.05) is 47.7 Å². The van der Waals surface area contributed by atoms with E-state index in [1.54, 1.807) is 0 Å². The molecular weight excluding hydrogens is 300 g/mol. The number of aromatic nitrogens is 2. The first-order valence-corrected chi connectivity index (χ1v) is 8.21. The summed E-state index contributed by atoms with van der Waals surface area (Å²) in [6, 6.07) is 8.53. The molecule has 5 rings (SSSR count). The van der Waals surface area contributed by atoms with Crippen LogP contribution < -0.4 is 10.7 Å². The minimum atomic E-state index is 0.875. The van der Waals surface area contributed by atoms with Crippen molar-refractivity contribution in [1.29, 1.82) is 0 Å². The van der Waals surface area contributed by atoms with Gasteiger partial charge in [-0.3, -0.25) is 0 Å². The zero-order valence-corrected chi connectivity index (χ0v) is 13.4. The van der Waals surface area contributed by atoms with E-state index in [4.69, 9.17) is 0 Å². The number of nitrogens with one attached hydrogen (secondary N) is 2. The van der Waals surface area contributed by atoms with Gasteiger partial charge in [0.25, 0.3) is 0 Å². The maximum absolute atomic E-state index is 3.49. The Bertz CT molecular complexity index is 917. The van der Waals surface area contributed by atoms with Crippen LogP contribution in [0.5, 0.6) is 0 Å². The van der Waals surface area contributed by atoms with E-state index in [-0.39, 0.29) is 0 Å². The Labute approximate surface area is 140 Å². The maximum Gasteiger partial charge on any atom is 0.0953 e. The molecule has 6 heteroatoms. The van der Waals surface area contributed by atoms with Crippen LogP contribution in [-0.4, -0.2) is 49.6 Å². The van der Waals surface area contributed by atoms with Crippen molar-refractivity contribution < 1.29 is 0 Å². The molecule has 0 spiro atoms. The third-order valence-electron chi connectivity index (χ3n) is 4.52. The molecule has 3 aliphatic rings. The van der Waals surface area contributed by atoms with Crippen LogP contribution in [0.3, 0.4) is 0 Å². The van der Waals surface area contributed by atoms with Crippen molar-refractivity contribution in [2.45, 2.75) is 6.54 Å². The van der Waals surface area contributed by atoms with Crippen molar-refractivity contribution >= 4 is 12.3 Å². The largest absolute Gasteiger partial charge is 0.357 e. The molecule has 0 amide bonds. The van der Waals surface area contributed by atoms with Gasteiger partial charge in [-0.15, -0.1) is 0 Å². The summed E-state index contributed by atoms with van der Waals surface area (Å²) in [5.74, 6) is 0. The first-order chi connectivity index (χ1) is 11.8. The summed E-state index contributed by atoms with van der Waals surface area (Å²) in [6.07, 6.45) is 12.9. The molecule has 0 saturated heterocycles. The first-order valence-electron chi connectivity index (χ1n) is 8.21. The summed E-state index contributed by atoms with van der Waals surface area (Å²) >= 11 is 0. The third kappa shape index (κ3) is 2.56. The smallest absolute Gasteiger partial charge is 0.0953 e. The lowest BCUT2D eigenvalue weighted by Gasteiger charge is -2.26. The molecule has 3 aliphatic heterocycles. The average Bonchev–Trinajstić information content (AvgIpc) is 3.32. The van der Waals surface area contributed by atoms with Crippen molar-refractivity contribution in [2.75, 3.05) is 20.0 Å². The summed E-state index contributed by atoms with van der Waals surface area (Å²) in [5, 5.41) is 2.22. The lowest BCUT2D eigenvalue weighted by Crippen LogP contribution is -2.35. The van der Waals surface area contributed by atoms with Gasteiger partial charge in [-0.05, 0) is 30.3 Å². The molecule has 8 bridgehead atoms. The highest BCUT2D eigenvalue weighted by Crippen LogP contribution is 2.15. The molecule has 0 aromatic carbocycles. The number of hydrogen-bond acceptors (Lipinski definition) is 4. The molecule has 2 N–H and O–H groups in total. The highest BCUT2D eigenvalue weighted by molar-refractivity contribution is 5.45. The molecule has 0 aliphatic carbocycles. The monoisotopic (exact) mass is 320 g/mol. The summed E-state index contributed by atoms with van der Waals surface area (Å²) in [5.41, 5.74) is 2.35. The summed E-state index contributed by atoms with van der Waals surface area (Å²) in [7, 11) is 0. The number of hydrogen-bond donors (Lipinski definition) is 2. The number of nitrogens with zero attached hydrogens (tertiary/aromatic N) is 4. The third-order valence-corrected chi connectivity index (χ3v) is 4.52. The van der Waals surface area contributed by atoms with Crippen LogP contribution in [-0.2, 0) is 6.54 Å². The quantitative estimate of drug-likeness (QED) is 0.741. The Balaban J connectivity index is 1.53. The molecule has 0 radical (unpaired) electrons. The molecule has 2 aromatic heterocycles. The molecule has 0 unspecified atom stereocenters. The zero-order valence-electron chi connectivity index (χ0n) is 13.4. The fraction of sp³-hybridized carbons (Fsp3) is 0.222. The molecule has 122 valence electrons. The Morgan fingerprint density at radius 1 is 0.708 bits per heavy atom. The first kappa shape index (κ1) is 13.4. The number of aromatic amines is 2. The van der Waals surface area contributed by atoms with Crippen LogP contribution >= 0.6 is 0 Å². The van der Waals surface area contributed by atoms with Crippen LogP contribution in [0.25, 0.3) is 12.3 Å². The van der Waals surface area contributed by atoms with Crippen molar-refractivity contribution in [3.63, 3.8) is 0 Å². The fourth-order valence-corrected chi connectivity index (χ4v) is 3.39. The van der Waals surface area contributed by atoms with E-state index >= 15 is 0 Å². The number of rotatable bonds is 0. The molecule has 24 heavy (non-hydrogen) atoms. The normalized spacial score (nSPS) is 19.0. The molecule has 5 heterocycles. The number of fused-ring (bicyclic) bond motifs is 8. The highest BCUT2D eigenvalue weighted by Gasteiger charge is 2.17. The predicted molar refractivity (Wildman–Crippen MR) is 92.8 cm³/mol. The van der Waals surface area contributed by atoms with E-state index in [1.807, 2.05) is 0 Å². The van der Waals surface area contributed by atoms with Crippen molar-refractivity contribution in [3.05, 3.63) is 71.2 Å². The van der Waals surface area contributed by atoms with Gasteiger partial charge in [0.1, 0.15) is 0 Å². The van der Waals surface area contributed by atoms with Crippen LogP contribution in [0, 0.1) is 0 Å². The second-order valence-electron chi connectivity index (χ2n) is 6.54. The van der Waals surface area contributed by atoms with Gasteiger partial charge < -0.3 is 29.6 Å². The van der Waals surface area contributed by atoms with Gasteiger partial charge in [0.2, 0.25) is 0 Å². The zero-order chi connectivity index (χ0) is 15.9. The topological polar surface area (TPSA) is 44.5 Å². The van der Waals surface area contributed by atoms with E-state index in [9.17, 15) is 0 Å². The lowest BCUT2D eigenvalue weighted by atomic mass is 10.4. The van der Waals surface area contributed by atoms with Crippen molar-refractivity contribution in [3.8, 4) is 0 Å². The summed E-state index contributed by atoms with van der Waals surface area (Å²) in [6.45, 7) is 3.59. The van der Waals surface area contributed by atoms with Crippen LogP contribution in [0.15, 0.2) is 49.1 Å². The van der Waals surface area contributed by atoms with Crippen LogP contribution in [0.4, 0.5) is 0 Å². The van der Waals surface area contributed by atoms with Gasteiger partial charge in [0.05, 0.1) is 31.9 Å². The highest BCUT2D eigenvalue weighted by atomic mass is 15.4. The van der Waals surface area contributed by atoms with E-state index in [2.05, 4.69) is 90.9 Å². The van der Waals surface area contributed by atoms with E-state index < -0.39 is 0 Å². The molecule has 0 fully saturated rings. The van der Waals surface area contributed by atoms with Gasteiger partial charge in [0.15, 0.2) is 0 Å².